The minimum Gasteiger partial charge on any atom is -0.360 e. The van der Waals surface area contributed by atoms with E-state index in [0.29, 0.717) is 5.92 Å². The average Bonchev–Trinajstić information content (AvgIpc) is 2.94. The number of nitrogens with one attached hydrogen (secondary N) is 1. The van der Waals surface area contributed by atoms with Crippen LogP contribution in [0.5, 0.6) is 0 Å². The molecule has 0 aliphatic heterocycles. The van der Waals surface area contributed by atoms with E-state index in [1.165, 1.54) is 5.56 Å². The van der Waals surface area contributed by atoms with Crippen molar-refractivity contribution in [2.45, 2.75) is 18.8 Å². The Morgan fingerprint density at radius 3 is 2.94 bits per heavy atom. The van der Waals surface area contributed by atoms with Crippen molar-refractivity contribution >= 4 is 0 Å². The van der Waals surface area contributed by atoms with E-state index in [9.17, 15) is 0 Å². The van der Waals surface area contributed by atoms with E-state index in [-0.39, 0.29) is 0 Å². The molecule has 0 spiro atoms. The lowest BCUT2D eigenvalue weighted by Gasteiger charge is -2.10. The third-order valence-electron chi connectivity index (χ3n) is 3.43. The summed E-state index contributed by atoms with van der Waals surface area (Å²) < 4.78 is 5.46. The van der Waals surface area contributed by atoms with Crippen LogP contribution >= 0.6 is 0 Å². The molecule has 0 amide bonds. The van der Waals surface area contributed by atoms with Crippen LogP contribution in [-0.2, 0) is 6.42 Å². The SMILES string of the molecule is CNCC1CCc2onc(-c3ccccc3)c21. The number of hydrogen-bond acceptors (Lipinski definition) is 3. The lowest BCUT2D eigenvalue weighted by molar-refractivity contribution is 0.387. The molecule has 3 nitrogen and oxygen atoms in total. The molecule has 1 heterocycles. The summed E-state index contributed by atoms with van der Waals surface area (Å²) in [6.45, 7) is 0.994. The minimum absolute atomic E-state index is 0.538. The van der Waals surface area contributed by atoms with Crippen molar-refractivity contribution in [2.75, 3.05) is 13.6 Å². The summed E-state index contributed by atoms with van der Waals surface area (Å²) in [5.41, 5.74) is 3.49. The molecule has 1 atom stereocenters. The summed E-state index contributed by atoms with van der Waals surface area (Å²) in [4.78, 5) is 0. The highest BCUT2D eigenvalue weighted by Crippen LogP contribution is 2.39. The fourth-order valence-electron chi connectivity index (χ4n) is 2.64. The number of fused-ring (bicyclic) bond motifs is 1. The van der Waals surface area contributed by atoms with Gasteiger partial charge in [-0.25, -0.2) is 0 Å². The second-order valence-electron chi connectivity index (χ2n) is 4.53. The molecular weight excluding hydrogens is 212 g/mol. The quantitative estimate of drug-likeness (QED) is 0.877. The van der Waals surface area contributed by atoms with Gasteiger partial charge < -0.3 is 9.84 Å². The van der Waals surface area contributed by atoms with E-state index < -0.39 is 0 Å². The van der Waals surface area contributed by atoms with Crippen LogP contribution in [0, 0.1) is 0 Å². The van der Waals surface area contributed by atoms with Gasteiger partial charge in [0.1, 0.15) is 11.5 Å². The van der Waals surface area contributed by atoms with E-state index in [0.717, 1.165) is 36.4 Å². The third-order valence-corrected chi connectivity index (χ3v) is 3.43. The van der Waals surface area contributed by atoms with E-state index in [1.807, 2.05) is 25.2 Å². The Morgan fingerprint density at radius 2 is 2.18 bits per heavy atom. The highest BCUT2D eigenvalue weighted by Gasteiger charge is 2.30. The largest absolute Gasteiger partial charge is 0.360 e. The van der Waals surface area contributed by atoms with Gasteiger partial charge in [0.25, 0.3) is 0 Å². The summed E-state index contributed by atoms with van der Waals surface area (Å²) in [7, 11) is 1.99. The predicted molar refractivity (Wildman–Crippen MR) is 66.9 cm³/mol. The lowest BCUT2D eigenvalue weighted by Crippen LogP contribution is -2.15. The van der Waals surface area contributed by atoms with Gasteiger partial charge in [-0.15, -0.1) is 0 Å². The number of rotatable bonds is 3. The van der Waals surface area contributed by atoms with Crippen molar-refractivity contribution in [3.63, 3.8) is 0 Å². The molecule has 17 heavy (non-hydrogen) atoms. The Morgan fingerprint density at radius 1 is 1.35 bits per heavy atom. The molecule has 1 N–H and O–H groups in total. The fraction of sp³-hybridized carbons (Fsp3) is 0.357. The summed E-state index contributed by atoms with van der Waals surface area (Å²) in [6.07, 6.45) is 2.18. The van der Waals surface area contributed by atoms with E-state index in [1.54, 1.807) is 0 Å². The standard InChI is InChI=1S/C14H16N2O/c1-15-9-11-7-8-12-13(11)14(16-17-12)10-5-3-2-4-6-10/h2-6,11,15H,7-9H2,1H3. The Bertz CT molecular complexity index is 504. The zero-order valence-electron chi connectivity index (χ0n) is 9.94. The van der Waals surface area contributed by atoms with Crippen molar-refractivity contribution in [2.24, 2.45) is 0 Å². The van der Waals surface area contributed by atoms with Crippen molar-refractivity contribution in [1.29, 1.82) is 0 Å². The van der Waals surface area contributed by atoms with Gasteiger partial charge in [0.05, 0.1) is 0 Å². The third kappa shape index (κ3) is 1.76. The number of hydrogen-bond donors (Lipinski definition) is 1. The summed E-state index contributed by atoms with van der Waals surface area (Å²) in [6, 6.07) is 10.3. The van der Waals surface area contributed by atoms with Crippen molar-refractivity contribution in [1.82, 2.24) is 10.5 Å². The molecule has 88 valence electrons. The number of aryl methyl sites for hydroxylation is 1. The van der Waals surface area contributed by atoms with Gasteiger partial charge in [-0.1, -0.05) is 35.5 Å². The van der Waals surface area contributed by atoms with Crippen LogP contribution in [0.15, 0.2) is 34.9 Å². The molecule has 0 bridgehead atoms. The minimum atomic E-state index is 0.538. The molecule has 0 saturated carbocycles. The summed E-state index contributed by atoms with van der Waals surface area (Å²) in [5.74, 6) is 1.61. The zero-order chi connectivity index (χ0) is 11.7. The average molecular weight is 228 g/mol. The number of aromatic nitrogens is 1. The molecule has 2 aromatic rings. The molecule has 0 fully saturated rings. The van der Waals surface area contributed by atoms with Gasteiger partial charge in [-0.3, -0.25) is 0 Å². The maximum absolute atomic E-state index is 5.46. The van der Waals surface area contributed by atoms with Crippen LogP contribution in [0.2, 0.25) is 0 Å². The second-order valence-corrected chi connectivity index (χ2v) is 4.53. The molecule has 1 aromatic heterocycles. The second kappa shape index (κ2) is 4.34. The van der Waals surface area contributed by atoms with E-state index >= 15 is 0 Å². The van der Waals surface area contributed by atoms with Crippen molar-refractivity contribution in [3.05, 3.63) is 41.7 Å². The molecule has 0 saturated heterocycles. The van der Waals surface area contributed by atoms with Crippen LogP contribution in [0.3, 0.4) is 0 Å². The van der Waals surface area contributed by atoms with Crippen molar-refractivity contribution < 1.29 is 4.52 Å². The van der Waals surface area contributed by atoms with E-state index in [2.05, 4.69) is 22.6 Å². The van der Waals surface area contributed by atoms with Crippen LogP contribution in [0.4, 0.5) is 0 Å². The molecule has 1 unspecified atom stereocenters. The van der Waals surface area contributed by atoms with Crippen LogP contribution in [-0.4, -0.2) is 18.7 Å². The van der Waals surface area contributed by atoms with Crippen LogP contribution in [0.25, 0.3) is 11.3 Å². The molecule has 1 aromatic carbocycles. The predicted octanol–water partition coefficient (Wildman–Crippen LogP) is 2.59. The van der Waals surface area contributed by atoms with Gasteiger partial charge in [0.2, 0.25) is 0 Å². The molecular formula is C14H16N2O. The topological polar surface area (TPSA) is 38.1 Å². The molecule has 3 heteroatoms. The number of nitrogens with zero attached hydrogens (tertiary/aromatic N) is 1. The van der Waals surface area contributed by atoms with Crippen LogP contribution < -0.4 is 5.32 Å². The first kappa shape index (κ1) is 10.5. The molecule has 1 aliphatic carbocycles. The Balaban J connectivity index is 2.03. The molecule has 1 aliphatic rings. The lowest BCUT2D eigenvalue weighted by atomic mass is 9.98. The highest BCUT2D eigenvalue weighted by molar-refractivity contribution is 5.65. The Hall–Kier alpha value is -1.61. The maximum Gasteiger partial charge on any atom is 0.140 e. The van der Waals surface area contributed by atoms with Gasteiger partial charge in [-0.05, 0) is 13.5 Å². The van der Waals surface area contributed by atoms with E-state index in [4.69, 9.17) is 4.52 Å². The summed E-state index contributed by atoms with van der Waals surface area (Å²) in [5, 5.41) is 7.49. The highest BCUT2D eigenvalue weighted by atomic mass is 16.5. The monoisotopic (exact) mass is 228 g/mol. The van der Waals surface area contributed by atoms with Gasteiger partial charge in [0.15, 0.2) is 0 Å². The fourth-order valence-corrected chi connectivity index (χ4v) is 2.64. The smallest absolute Gasteiger partial charge is 0.140 e. The van der Waals surface area contributed by atoms with Gasteiger partial charge in [0, 0.05) is 30.0 Å². The van der Waals surface area contributed by atoms with Gasteiger partial charge in [-0.2, -0.15) is 0 Å². The van der Waals surface area contributed by atoms with Crippen molar-refractivity contribution in [3.8, 4) is 11.3 Å². The maximum atomic E-state index is 5.46. The molecule has 0 radical (unpaired) electrons. The first-order valence-corrected chi connectivity index (χ1v) is 6.08. The summed E-state index contributed by atoms with van der Waals surface area (Å²) >= 11 is 0. The van der Waals surface area contributed by atoms with Crippen LogP contribution in [0.1, 0.15) is 23.7 Å². The number of likely N-dealkylation sites (N-methyl/N-ethyl adjacent to an activating group) is 1. The Labute approximate surface area is 101 Å². The Kier molecular flexibility index (Phi) is 2.69. The first-order valence-electron chi connectivity index (χ1n) is 6.08. The number of benzene rings is 1. The molecule has 3 rings (SSSR count). The normalized spacial score (nSPS) is 18.3. The van der Waals surface area contributed by atoms with Gasteiger partial charge >= 0.3 is 0 Å². The first-order chi connectivity index (χ1) is 8.40. The zero-order valence-corrected chi connectivity index (χ0v) is 9.94.